The summed E-state index contributed by atoms with van der Waals surface area (Å²) in [5.74, 6) is 0. The maximum absolute atomic E-state index is 8.38. The van der Waals surface area contributed by atoms with Gasteiger partial charge in [-0.15, -0.1) is 0 Å². The summed E-state index contributed by atoms with van der Waals surface area (Å²) in [4.78, 5) is 0. The fraction of sp³-hybridized carbons (Fsp3) is 0.600. The van der Waals surface area contributed by atoms with Crippen LogP contribution >= 0.6 is 0 Å². The van der Waals surface area contributed by atoms with E-state index in [1.54, 1.807) is 0 Å². The normalized spacial score (nSPS) is 5.78. The van der Waals surface area contributed by atoms with E-state index in [4.69, 9.17) is 13.8 Å². The van der Waals surface area contributed by atoms with E-state index in [1.165, 1.54) is 0 Å². The van der Waals surface area contributed by atoms with Gasteiger partial charge in [-0.25, -0.2) is 0 Å². The standard InChI is InChI=1S/C3H8O2.C2H3.O.Zn/c4-2-1-3-5;1-2;;/h4-5H,1-3H2;1H,2H2;;/q;-1;;. The van der Waals surface area contributed by atoms with Gasteiger partial charge in [0.05, 0.1) is 0 Å². The van der Waals surface area contributed by atoms with Gasteiger partial charge in [0.15, 0.2) is 0 Å². The Morgan fingerprint density at radius 2 is 1.44 bits per heavy atom. The van der Waals surface area contributed by atoms with Gasteiger partial charge < -0.3 is 16.8 Å². The van der Waals surface area contributed by atoms with Gasteiger partial charge in [-0.1, -0.05) is 0 Å². The van der Waals surface area contributed by atoms with Gasteiger partial charge in [-0.05, 0) is 6.42 Å². The quantitative estimate of drug-likeness (QED) is 0.463. The minimum atomic E-state index is 0.0938. The van der Waals surface area contributed by atoms with Crippen molar-refractivity contribution in [2.75, 3.05) is 13.2 Å². The molecule has 3 nitrogen and oxygen atoms in total. The minimum absolute atomic E-state index is 0.0938. The first-order chi connectivity index (χ1) is 4.41. The predicted molar refractivity (Wildman–Crippen MR) is 29.4 cm³/mol. The molecule has 52 valence electrons. The summed E-state index contributed by atoms with van der Waals surface area (Å²) in [5, 5.41) is 15.8. The fourth-order valence-corrected chi connectivity index (χ4v) is 0.0707. The van der Waals surface area contributed by atoms with E-state index in [0.29, 0.717) is 6.42 Å². The molecule has 0 amide bonds. The molecule has 9 heavy (non-hydrogen) atoms. The molecule has 0 aliphatic rings. The second-order valence-corrected chi connectivity index (χ2v) is 0.801. The first kappa shape index (κ1) is 16.0. The Labute approximate surface area is 65.3 Å². The van der Waals surface area contributed by atoms with Gasteiger partial charge in [-0.3, -0.25) is 6.58 Å². The van der Waals surface area contributed by atoms with Crippen LogP contribution in [0.2, 0.25) is 0 Å². The summed E-state index contributed by atoms with van der Waals surface area (Å²) in [6.07, 6.45) is 0.500. The Bertz CT molecular complexity index is 31.4. The van der Waals surface area contributed by atoms with Crippen molar-refractivity contribution >= 4 is 0 Å². The van der Waals surface area contributed by atoms with Crippen molar-refractivity contribution in [3.05, 3.63) is 13.2 Å². The van der Waals surface area contributed by atoms with E-state index in [2.05, 4.69) is 13.2 Å². The van der Waals surface area contributed by atoms with E-state index in [9.17, 15) is 0 Å². The predicted octanol–water partition coefficient (Wildman–Crippen LogP) is -0.155. The first-order valence-corrected chi connectivity index (χ1v) is 3.54. The van der Waals surface area contributed by atoms with Crippen LogP contribution in [-0.2, 0) is 21.8 Å². The molecule has 4 heteroatoms. The zero-order valence-corrected chi connectivity index (χ0v) is 8.38. The summed E-state index contributed by atoms with van der Waals surface area (Å²) in [5.41, 5.74) is 0. The Morgan fingerprint density at radius 1 is 1.22 bits per heavy atom. The first-order valence-electron chi connectivity index (χ1n) is 2.33. The van der Waals surface area contributed by atoms with E-state index in [0.717, 1.165) is 0 Å². The average molecular weight is 185 g/mol. The molecule has 0 saturated carbocycles. The molecule has 0 aromatic heterocycles. The Morgan fingerprint density at radius 3 is 1.44 bits per heavy atom. The van der Waals surface area contributed by atoms with Crippen molar-refractivity contribution in [2.24, 2.45) is 0 Å². The number of rotatable bonds is 2. The van der Waals surface area contributed by atoms with Crippen molar-refractivity contribution in [1.82, 2.24) is 0 Å². The summed E-state index contributed by atoms with van der Waals surface area (Å²) < 4.78 is 8.38. The van der Waals surface area contributed by atoms with Gasteiger partial charge >= 0.3 is 21.8 Å². The van der Waals surface area contributed by atoms with Crippen LogP contribution in [0.1, 0.15) is 6.42 Å². The number of aliphatic hydroxyl groups excluding tert-OH is 2. The molecule has 0 aliphatic heterocycles. The van der Waals surface area contributed by atoms with Crippen molar-refractivity contribution in [3.8, 4) is 0 Å². The van der Waals surface area contributed by atoms with Crippen molar-refractivity contribution in [2.45, 2.75) is 6.42 Å². The monoisotopic (exact) mass is 183 g/mol. The van der Waals surface area contributed by atoms with Gasteiger partial charge in [0.1, 0.15) is 0 Å². The number of aliphatic hydroxyl groups is 2. The fourth-order valence-electron chi connectivity index (χ4n) is 0.0707. The molecule has 0 saturated heterocycles. The van der Waals surface area contributed by atoms with Gasteiger partial charge in [0.25, 0.3) is 0 Å². The van der Waals surface area contributed by atoms with Crippen LogP contribution in [0.15, 0.2) is 6.58 Å². The van der Waals surface area contributed by atoms with Crippen LogP contribution in [0, 0.1) is 6.58 Å². The molecule has 0 heterocycles. The molecule has 0 spiro atoms. The molecular formula is C5H11O3Zn-. The van der Waals surface area contributed by atoms with Gasteiger partial charge in [0.2, 0.25) is 0 Å². The van der Waals surface area contributed by atoms with E-state index in [-0.39, 0.29) is 31.5 Å². The third-order valence-electron chi connectivity index (χ3n) is 0.316. The molecule has 0 rings (SSSR count). The maximum atomic E-state index is 8.38. The number of hydrogen-bond donors (Lipinski definition) is 2. The molecule has 0 aromatic rings. The van der Waals surface area contributed by atoms with Crippen molar-refractivity contribution in [1.29, 1.82) is 0 Å². The summed E-state index contributed by atoms with van der Waals surface area (Å²) in [6.45, 7) is 7.19. The molecule has 2 N–H and O–H groups in total. The van der Waals surface area contributed by atoms with Crippen LogP contribution < -0.4 is 0 Å². The molecule has 0 unspecified atom stereocenters. The van der Waals surface area contributed by atoms with E-state index < -0.39 is 0 Å². The second kappa shape index (κ2) is 42.7. The SMILES string of the molecule is OCCCO.[CH-]=C.[O]=[Zn]. The van der Waals surface area contributed by atoms with Crippen molar-refractivity contribution < 1.29 is 32.0 Å². The Hall–Kier alpha value is 0.0834. The Balaban J connectivity index is -0.0000000771. The summed E-state index contributed by atoms with van der Waals surface area (Å²) in [6, 6.07) is 0. The average Bonchev–Trinajstić information content (AvgIpc) is 1.98. The van der Waals surface area contributed by atoms with Crippen LogP contribution in [0.4, 0.5) is 0 Å². The zero-order chi connectivity index (χ0) is 8.12. The number of hydrogen-bond acceptors (Lipinski definition) is 3. The molecular weight excluding hydrogens is 173 g/mol. The van der Waals surface area contributed by atoms with Crippen LogP contribution in [-0.4, -0.2) is 23.4 Å². The zero-order valence-electron chi connectivity index (χ0n) is 5.42. The van der Waals surface area contributed by atoms with E-state index in [1.807, 2.05) is 0 Å². The summed E-state index contributed by atoms with van der Waals surface area (Å²) >= 11 is 0.125. The molecule has 0 bridgehead atoms. The molecule has 0 aromatic carbocycles. The van der Waals surface area contributed by atoms with Crippen LogP contribution in [0.3, 0.4) is 0 Å². The van der Waals surface area contributed by atoms with Gasteiger partial charge in [-0.2, -0.15) is 0 Å². The third kappa shape index (κ3) is 68.9. The van der Waals surface area contributed by atoms with Crippen LogP contribution in [0.5, 0.6) is 0 Å². The molecule has 0 radical (unpaired) electrons. The topological polar surface area (TPSA) is 57.5 Å². The summed E-state index contributed by atoms with van der Waals surface area (Å²) in [7, 11) is 0. The van der Waals surface area contributed by atoms with Crippen LogP contribution in [0.25, 0.3) is 0 Å². The Kier molecular flexibility index (Phi) is 76.0. The second-order valence-electron chi connectivity index (χ2n) is 0.801. The van der Waals surface area contributed by atoms with Gasteiger partial charge in [0, 0.05) is 13.2 Å². The molecule has 0 fully saturated rings. The van der Waals surface area contributed by atoms with Crippen molar-refractivity contribution in [3.63, 3.8) is 0 Å². The third-order valence-corrected chi connectivity index (χ3v) is 0.316. The molecule has 0 atom stereocenters. The van der Waals surface area contributed by atoms with E-state index >= 15 is 0 Å². The molecule has 0 aliphatic carbocycles.